The van der Waals surface area contributed by atoms with Crippen LogP contribution in [-0.2, 0) is 21.3 Å². The quantitative estimate of drug-likeness (QED) is 0.490. The van der Waals surface area contributed by atoms with Crippen molar-refractivity contribution < 1.29 is 22.7 Å². The minimum atomic E-state index is -3.56. The normalized spacial score (nSPS) is 11.0. The van der Waals surface area contributed by atoms with Crippen molar-refractivity contribution in [2.45, 2.75) is 13.5 Å². The van der Waals surface area contributed by atoms with Crippen molar-refractivity contribution in [3.8, 4) is 0 Å². The number of aryl methyl sites for hydroxylation is 1. The number of rotatable bonds is 7. The summed E-state index contributed by atoms with van der Waals surface area (Å²) in [6.45, 7) is 2.13. The van der Waals surface area contributed by atoms with Crippen LogP contribution in [0.1, 0.15) is 31.8 Å². The van der Waals surface area contributed by atoms with Gasteiger partial charge in [0.25, 0.3) is 5.91 Å². The highest BCUT2D eigenvalue weighted by atomic mass is 35.5. The first kappa shape index (κ1) is 24.3. The summed E-state index contributed by atoms with van der Waals surface area (Å²) in [4.78, 5) is 24.4. The summed E-state index contributed by atoms with van der Waals surface area (Å²) >= 11 is 6.14. The minimum Gasteiger partial charge on any atom is -0.465 e. The molecule has 0 aliphatic rings. The molecule has 0 saturated heterocycles. The molecule has 3 aromatic carbocycles. The van der Waals surface area contributed by atoms with Crippen LogP contribution >= 0.6 is 11.6 Å². The van der Waals surface area contributed by atoms with E-state index in [1.165, 1.54) is 41.7 Å². The summed E-state index contributed by atoms with van der Waals surface area (Å²) in [5.41, 5.74) is 3.14. The van der Waals surface area contributed by atoms with E-state index in [0.717, 1.165) is 17.4 Å². The van der Waals surface area contributed by atoms with E-state index in [0.29, 0.717) is 11.3 Å². The van der Waals surface area contributed by atoms with Crippen LogP contribution in [-0.4, -0.2) is 33.7 Å². The number of amides is 1. The third kappa shape index (κ3) is 6.12. The zero-order valence-corrected chi connectivity index (χ0v) is 19.9. The highest BCUT2D eigenvalue weighted by Crippen LogP contribution is 2.25. The van der Waals surface area contributed by atoms with Crippen molar-refractivity contribution in [2.75, 3.05) is 23.0 Å². The van der Waals surface area contributed by atoms with Crippen molar-refractivity contribution in [1.82, 2.24) is 0 Å². The van der Waals surface area contributed by atoms with E-state index in [2.05, 4.69) is 10.1 Å². The van der Waals surface area contributed by atoms with Gasteiger partial charge in [-0.3, -0.25) is 9.10 Å². The summed E-state index contributed by atoms with van der Waals surface area (Å²) in [7, 11) is -2.30. The number of hydrogen-bond donors (Lipinski definition) is 1. The molecule has 0 fully saturated rings. The Morgan fingerprint density at radius 1 is 0.970 bits per heavy atom. The summed E-state index contributed by atoms with van der Waals surface area (Å²) in [5.74, 6) is -1.02. The van der Waals surface area contributed by atoms with Crippen LogP contribution < -0.4 is 9.62 Å². The van der Waals surface area contributed by atoms with Gasteiger partial charge in [0, 0.05) is 5.56 Å². The zero-order chi connectivity index (χ0) is 24.2. The second-order valence-corrected chi connectivity index (χ2v) is 9.76. The summed E-state index contributed by atoms with van der Waals surface area (Å²) in [6, 6.07) is 18.2. The van der Waals surface area contributed by atoms with E-state index in [1.54, 1.807) is 12.1 Å². The van der Waals surface area contributed by atoms with Crippen LogP contribution in [0.5, 0.6) is 0 Å². The number of anilines is 2. The lowest BCUT2D eigenvalue weighted by atomic mass is 10.1. The van der Waals surface area contributed by atoms with E-state index < -0.39 is 21.9 Å². The monoisotopic (exact) mass is 486 g/mol. The van der Waals surface area contributed by atoms with Gasteiger partial charge >= 0.3 is 5.97 Å². The lowest BCUT2D eigenvalue weighted by Gasteiger charge is -2.23. The smallest absolute Gasteiger partial charge is 0.337 e. The van der Waals surface area contributed by atoms with E-state index in [9.17, 15) is 18.0 Å². The maximum absolute atomic E-state index is 12.7. The summed E-state index contributed by atoms with van der Waals surface area (Å²) in [6.07, 6.45) is 1.14. The van der Waals surface area contributed by atoms with Crippen molar-refractivity contribution >= 4 is 44.9 Å². The van der Waals surface area contributed by atoms with Crippen LogP contribution in [0, 0.1) is 6.92 Å². The van der Waals surface area contributed by atoms with E-state index in [1.807, 2.05) is 31.2 Å². The maximum Gasteiger partial charge on any atom is 0.337 e. The van der Waals surface area contributed by atoms with Gasteiger partial charge in [0.05, 0.1) is 41.9 Å². The third-order valence-corrected chi connectivity index (χ3v) is 6.37. The summed E-state index contributed by atoms with van der Waals surface area (Å²) < 4.78 is 30.8. The number of halogens is 1. The van der Waals surface area contributed by atoms with Crippen molar-refractivity contribution in [3.63, 3.8) is 0 Å². The molecule has 0 heterocycles. The molecule has 0 aliphatic carbocycles. The standard InChI is InChI=1S/C24H23ClN2O5S/c1-16-4-6-17(7-5-16)15-27(33(3,30)31)20-11-8-18(9-12-20)23(28)26-22-14-19(24(29)32-2)10-13-21(22)25/h4-14H,15H2,1-3H3,(H,26,28). The largest absolute Gasteiger partial charge is 0.465 e. The van der Waals surface area contributed by atoms with Gasteiger partial charge in [-0.2, -0.15) is 0 Å². The summed E-state index contributed by atoms with van der Waals surface area (Å²) in [5, 5.41) is 2.92. The van der Waals surface area contributed by atoms with Crippen molar-refractivity contribution in [1.29, 1.82) is 0 Å². The SMILES string of the molecule is COC(=O)c1ccc(Cl)c(NC(=O)c2ccc(N(Cc3ccc(C)cc3)S(C)(=O)=O)cc2)c1. The number of hydrogen-bond acceptors (Lipinski definition) is 5. The number of esters is 1. The van der Waals surface area contributed by atoms with Crippen molar-refractivity contribution in [2.24, 2.45) is 0 Å². The van der Waals surface area contributed by atoms with Gasteiger partial charge in [0.15, 0.2) is 0 Å². The Morgan fingerprint density at radius 3 is 2.15 bits per heavy atom. The molecule has 7 nitrogen and oxygen atoms in total. The van der Waals surface area contributed by atoms with Crippen molar-refractivity contribution in [3.05, 3.63) is 94.0 Å². The van der Waals surface area contributed by atoms with E-state index >= 15 is 0 Å². The first-order valence-corrected chi connectivity index (χ1v) is 12.1. The highest BCUT2D eigenvalue weighted by molar-refractivity contribution is 7.92. The fourth-order valence-electron chi connectivity index (χ4n) is 3.10. The average molecular weight is 487 g/mol. The first-order chi connectivity index (χ1) is 15.6. The molecule has 0 bridgehead atoms. The molecule has 0 spiro atoms. The zero-order valence-electron chi connectivity index (χ0n) is 18.3. The lowest BCUT2D eigenvalue weighted by Crippen LogP contribution is -2.29. The molecule has 0 aromatic heterocycles. The fraction of sp³-hybridized carbons (Fsp3) is 0.167. The molecule has 33 heavy (non-hydrogen) atoms. The molecule has 172 valence electrons. The number of carbonyl (C=O) groups is 2. The molecule has 0 atom stereocenters. The van der Waals surface area contributed by atoms with Gasteiger partial charge < -0.3 is 10.1 Å². The molecular formula is C24H23ClN2O5S. The molecule has 1 N–H and O–H groups in total. The molecule has 0 aliphatic heterocycles. The Hall–Kier alpha value is -3.36. The molecule has 9 heteroatoms. The van der Waals surface area contributed by atoms with Gasteiger partial charge in [0.1, 0.15) is 0 Å². The molecule has 1 amide bonds. The number of ether oxygens (including phenoxy) is 1. The molecule has 0 saturated carbocycles. The molecule has 0 radical (unpaired) electrons. The number of methoxy groups -OCH3 is 1. The van der Waals surface area contributed by atoms with Gasteiger partial charge in [-0.25, -0.2) is 13.2 Å². The predicted molar refractivity (Wildman–Crippen MR) is 129 cm³/mol. The first-order valence-electron chi connectivity index (χ1n) is 9.91. The number of benzene rings is 3. The predicted octanol–water partition coefficient (Wildman–Crippen LogP) is 4.65. The average Bonchev–Trinajstić information content (AvgIpc) is 2.79. The number of nitrogens with one attached hydrogen (secondary N) is 1. The second-order valence-electron chi connectivity index (χ2n) is 7.44. The molecule has 3 rings (SSSR count). The Kier molecular flexibility index (Phi) is 7.40. The van der Waals surface area contributed by atoms with E-state index in [-0.39, 0.29) is 22.8 Å². The van der Waals surface area contributed by atoms with Crippen LogP contribution in [0.15, 0.2) is 66.7 Å². The molecule has 0 unspecified atom stereocenters. The van der Waals surface area contributed by atoms with Crippen LogP contribution in [0.2, 0.25) is 5.02 Å². The fourth-order valence-corrected chi connectivity index (χ4v) is 4.15. The highest BCUT2D eigenvalue weighted by Gasteiger charge is 2.19. The second kappa shape index (κ2) is 10.1. The van der Waals surface area contributed by atoms with Crippen LogP contribution in [0.3, 0.4) is 0 Å². The Bertz CT molecular complexity index is 1270. The Balaban J connectivity index is 1.81. The topological polar surface area (TPSA) is 92.8 Å². The Labute approximate surface area is 198 Å². The van der Waals surface area contributed by atoms with Gasteiger partial charge in [-0.05, 0) is 55.0 Å². The third-order valence-electron chi connectivity index (χ3n) is 4.90. The van der Waals surface area contributed by atoms with E-state index in [4.69, 9.17) is 11.6 Å². The number of sulfonamides is 1. The van der Waals surface area contributed by atoms with Crippen LogP contribution in [0.4, 0.5) is 11.4 Å². The molecule has 3 aromatic rings. The van der Waals surface area contributed by atoms with Crippen LogP contribution in [0.25, 0.3) is 0 Å². The van der Waals surface area contributed by atoms with Gasteiger partial charge in [0.2, 0.25) is 10.0 Å². The number of carbonyl (C=O) groups excluding carboxylic acids is 2. The number of nitrogens with zero attached hydrogens (tertiary/aromatic N) is 1. The maximum atomic E-state index is 12.7. The molecular weight excluding hydrogens is 464 g/mol. The minimum absolute atomic E-state index is 0.167. The van der Waals surface area contributed by atoms with Gasteiger partial charge in [-0.1, -0.05) is 41.4 Å². The van der Waals surface area contributed by atoms with Gasteiger partial charge in [-0.15, -0.1) is 0 Å². The Morgan fingerprint density at radius 2 is 1.58 bits per heavy atom. The lowest BCUT2D eigenvalue weighted by molar-refractivity contribution is 0.0600.